The Morgan fingerprint density at radius 2 is 2.19 bits per heavy atom. The smallest absolute Gasteiger partial charge is 0.164 e. The highest BCUT2D eigenvalue weighted by atomic mass is 19.1. The Balaban J connectivity index is 2.32. The number of halogens is 1. The maximum absolute atomic E-state index is 12.9. The summed E-state index contributed by atoms with van der Waals surface area (Å²) in [6.45, 7) is 2.79. The maximum Gasteiger partial charge on any atom is 0.164 e. The van der Waals surface area contributed by atoms with Gasteiger partial charge in [0.15, 0.2) is 11.6 Å². The fraction of sp³-hybridized carbons (Fsp3) is 0.538. The number of aliphatic hydroxyl groups excluding tert-OH is 1. The largest absolute Gasteiger partial charge is 0.505 e. The number of unbranched alkanes of at least 4 members (excludes halogenated alkanes) is 3. The number of hydrogen-bond donors (Lipinski definition) is 1. The van der Waals surface area contributed by atoms with Gasteiger partial charge in [-0.15, -0.1) is 0 Å². The summed E-state index contributed by atoms with van der Waals surface area (Å²) in [7, 11) is 0. The summed E-state index contributed by atoms with van der Waals surface area (Å²) in [5.74, 6) is -0.334. The summed E-state index contributed by atoms with van der Waals surface area (Å²) in [6.07, 6.45) is 9.36. The Hall–Kier alpha value is -1.25. The zero-order valence-electron chi connectivity index (χ0n) is 9.71. The van der Waals surface area contributed by atoms with Crippen molar-refractivity contribution >= 4 is 0 Å². The molecule has 0 bridgehead atoms. The zero-order valence-corrected chi connectivity index (χ0v) is 9.71. The first-order valence-electron chi connectivity index (χ1n) is 5.82. The average Bonchev–Trinajstić information content (AvgIpc) is 2.42. The first-order valence-corrected chi connectivity index (χ1v) is 5.82. The summed E-state index contributed by atoms with van der Waals surface area (Å²) in [6, 6.07) is 0. The topological polar surface area (TPSA) is 29.5 Å². The molecule has 90 valence electrons. The van der Waals surface area contributed by atoms with Crippen LogP contribution in [0.1, 0.15) is 39.0 Å². The molecule has 0 aromatic carbocycles. The Morgan fingerprint density at radius 3 is 2.94 bits per heavy atom. The van der Waals surface area contributed by atoms with Gasteiger partial charge in [0.2, 0.25) is 0 Å². The maximum atomic E-state index is 12.9. The molecule has 1 aliphatic rings. The van der Waals surface area contributed by atoms with Gasteiger partial charge < -0.3 is 9.84 Å². The third-order valence-corrected chi connectivity index (χ3v) is 2.41. The second-order valence-electron chi connectivity index (χ2n) is 3.86. The minimum Gasteiger partial charge on any atom is -0.505 e. The van der Waals surface area contributed by atoms with Crippen LogP contribution in [0.4, 0.5) is 4.39 Å². The van der Waals surface area contributed by atoms with Crippen LogP contribution >= 0.6 is 0 Å². The highest BCUT2D eigenvalue weighted by Gasteiger charge is 2.06. The summed E-state index contributed by atoms with van der Waals surface area (Å²) in [5.41, 5.74) is 0. The number of rotatable bonds is 6. The third-order valence-electron chi connectivity index (χ3n) is 2.41. The third kappa shape index (κ3) is 4.51. The molecule has 0 spiro atoms. The average molecular weight is 226 g/mol. The van der Waals surface area contributed by atoms with Gasteiger partial charge in [-0.2, -0.15) is 0 Å². The molecule has 0 heterocycles. The molecule has 0 aromatic rings. The Morgan fingerprint density at radius 1 is 1.38 bits per heavy atom. The molecule has 1 N–H and O–H groups in total. The quantitative estimate of drug-likeness (QED) is 0.689. The zero-order chi connectivity index (χ0) is 11.8. The van der Waals surface area contributed by atoms with Gasteiger partial charge in [0.1, 0.15) is 5.76 Å². The van der Waals surface area contributed by atoms with E-state index in [0.29, 0.717) is 18.8 Å². The Kier molecular flexibility index (Phi) is 5.68. The van der Waals surface area contributed by atoms with Crippen molar-refractivity contribution in [1.29, 1.82) is 0 Å². The van der Waals surface area contributed by atoms with Crippen LogP contribution in [0.3, 0.4) is 0 Å². The van der Waals surface area contributed by atoms with Crippen LogP contribution in [-0.4, -0.2) is 11.7 Å². The first-order chi connectivity index (χ1) is 7.74. The number of ether oxygens (including phenoxy) is 1. The van der Waals surface area contributed by atoms with Gasteiger partial charge in [0.05, 0.1) is 6.61 Å². The summed E-state index contributed by atoms with van der Waals surface area (Å²) in [4.78, 5) is 0. The lowest BCUT2D eigenvalue weighted by atomic mass is 10.2. The SMILES string of the molecule is CCCCCCOC1=CC(O)=C(F)C=CC1. The summed E-state index contributed by atoms with van der Waals surface area (Å²) >= 11 is 0. The van der Waals surface area contributed by atoms with Crippen LogP contribution in [0.5, 0.6) is 0 Å². The molecule has 1 rings (SSSR count). The van der Waals surface area contributed by atoms with Gasteiger partial charge in [-0.3, -0.25) is 0 Å². The highest BCUT2D eigenvalue weighted by Crippen LogP contribution is 2.17. The van der Waals surface area contributed by atoms with Crippen molar-refractivity contribution in [2.45, 2.75) is 39.0 Å². The molecule has 0 aromatic heterocycles. The number of aliphatic hydroxyl groups is 1. The minimum absolute atomic E-state index is 0.350. The van der Waals surface area contributed by atoms with Gasteiger partial charge in [0.25, 0.3) is 0 Å². The standard InChI is InChI=1S/C13H19FO2/c1-2-3-4-5-9-16-11-7-6-8-12(14)13(15)10-11/h6,8,10,15H,2-5,7,9H2,1H3. The highest BCUT2D eigenvalue weighted by molar-refractivity contribution is 5.28. The van der Waals surface area contributed by atoms with Gasteiger partial charge in [-0.1, -0.05) is 32.3 Å². The molecular weight excluding hydrogens is 207 g/mol. The lowest BCUT2D eigenvalue weighted by Crippen LogP contribution is -1.95. The molecule has 2 nitrogen and oxygen atoms in total. The van der Waals surface area contributed by atoms with Gasteiger partial charge in [-0.05, 0) is 12.5 Å². The van der Waals surface area contributed by atoms with Gasteiger partial charge >= 0.3 is 0 Å². The van der Waals surface area contributed by atoms with E-state index in [-0.39, 0.29) is 5.76 Å². The van der Waals surface area contributed by atoms with Crippen molar-refractivity contribution in [1.82, 2.24) is 0 Å². The molecule has 0 saturated heterocycles. The second kappa shape index (κ2) is 7.09. The van der Waals surface area contributed by atoms with E-state index < -0.39 is 5.83 Å². The van der Waals surface area contributed by atoms with Crippen molar-refractivity contribution in [3.05, 3.63) is 35.6 Å². The van der Waals surface area contributed by atoms with E-state index in [1.165, 1.54) is 25.0 Å². The fourth-order valence-corrected chi connectivity index (χ4v) is 1.48. The molecule has 0 atom stereocenters. The molecule has 16 heavy (non-hydrogen) atoms. The number of hydrogen-bond acceptors (Lipinski definition) is 2. The van der Waals surface area contributed by atoms with Crippen LogP contribution in [0.2, 0.25) is 0 Å². The van der Waals surface area contributed by atoms with Crippen molar-refractivity contribution in [3.8, 4) is 0 Å². The van der Waals surface area contributed by atoms with Crippen molar-refractivity contribution in [2.24, 2.45) is 0 Å². The Labute approximate surface area is 96.1 Å². The second-order valence-corrected chi connectivity index (χ2v) is 3.86. The molecule has 0 radical (unpaired) electrons. The fourth-order valence-electron chi connectivity index (χ4n) is 1.48. The summed E-state index contributed by atoms with van der Waals surface area (Å²) in [5, 5.41) is 9.27. The van der Waals surface area contributed by atoms with Crippen molar-refractivity contribution in [2.75, 3.05) is 6.61 Å². The molecule has 0 saturated carbocycles. The van der Waals surface area contributed by atoms with Crippen LogP contribution in [0.15, 0.2) is 35.6 Å². The molecule has 3 heteroatoms. The summed E-state index contributed by atoms with van der Waals surface area (Å²) < 4.78 is 18.4. The Bertz CT molecular complexity index is 303. The van der Waals surface area contributed by atoms with E-state index in [0.717, 1.165) is 12.8 Å². The first kappa shape index (κ1) is 12.8. The molecule has 1 aliphatic carbocycles. The van der Waals surface area contributed by atoms with E-state index in [9.17, 15) is 9.50 Å². The number of allylic oxidation sites excluding steroid dienone is 4. The van der Waals surface area contributed by atoms with Crippen LogP contribution in [0, 0.1) is 0 Å². The normalized spacial score (nSPS) is 16.0. The van der Waals surface area contributed by atoms with Gasteiger partial charge in [-0.25, -0.2) is 4.39 Å². The van der Waals surface area contributed by atoms with E-state index in [2.05, 4.69) is 6.92 Å². The van der Waals surface area contributed by atoms with Crippen LogP contribution < -0.4 is 0 Å². The van der Waals surface area contributed by atoms with E-state index in [1.54, 1.807) is 6.08 Å². The predicted octanol–water partition coefficient (Wildman–Crippen LogP) is 4.17. The minimum atomic E-state index is -0.607. The van der Waals surface area contributed by atoms with Crippen LogP contribution in [-0.2, 0) is 4.74 Å². The van der Waals surface area contributed by atoms with Gasteiger partial charge in [0, 0.05) is 12.5 Å². The van der Waals surface area contributed by atoms with E-state index >= 15 is 0 Å². The van der Waals surface area contributed by atoms with Crippen molar-refractivity contribution in [3.63, 3.8) is 0 Å². The molecule has 0 amide bonds. The molecular formula is C13H19FO2. The lowest BCUT2D eigenvalue weighted by molar-refractivity contribution is 0.199. The van der Waals surface area contributed by atoms with Crippen molar-refractivity contribution < 1.29 is 14.2 Å². The monoisotopic (exact) mass is 226 g/mol. The lowest BCUT2D eigenvalue weighted by Gasteiger charge is -2.07. The molecule has 0 unspecified atom stereocenters. The predicted molar refractivity (Wildman–Crippen MR) is 62.7 cm³/mol. The molecule has 0 fully saturated rings. The molecule has 0 aliphatic heterocycles. The van der Waals surface area contributed by atoms with E-state index in [4.69, 9.17) is 4.74 Å². The van der Waals surface area contributed by atoms with E-state index in [1.807, 2.05) is 0 Å². The van der Waals surface area contributed by atoms with Crippen LogP contribution in [0.25, 0.3) is 0 Å².